The number of hydrogen-bond acceptors (Lipinski definition) is 14. The average Bonchev–Trinajstić information content (AvgIpc) is 3.42. The number of amides is 2. The molecule has 1 N–H and O–H groups in total. The summed E-state index contributed by atoms with van der Waals surface area (Å²) in [6.07, 6.45) is 0.944. The minimum Gasteiger partial charge on any atom is -0.549 e. The van der Waals surface area contributed by atoms with Crippen molar-refractivity contribution in [3.8, 4) is 0 Å². The van der Waals surface area contributed by atoms with E-state index in [9.17, 15) is 27.9 Å². The number of carbonyl (C=O) groups excluding carboxylic acids is 3. The number of thioether (sulfide) groups is 2. The van der Waals surface area contributed by atoms with E-state index in [2.05, 4.69) is 30.4 Å². The van der Waals surface area contributed by atoms with Crippen molar-refractivity contribution in [3.63, 3.8) is 0 Å². The summed E-state index contributed by atoms with van der Waals surface area (Å²) in [5, 5.41) is 31.0. The predicted octanol–water partition coefficient (Wildman–Crippen LogP) is -6.25. The quantitative estimate of drug-likeness (QED) is 0.0906. The Balaban J connectivity index is 0.00000420. The van der Waals surface area contributed by atoms with Crippen molar-refractivity contribution in [1.82, 2.24) is 35.0 Å². The first-order valence-corrected chi connectivity index (χ1v) is 15.4. The van der Waals surface area contributed by atoms with Gasteiger partial charge in [-0.25, -0.2) is 13.1 Å². The summed E-state index contributed by atoms with van der Waals surface area (Å²) in [6, 6.07) is -0.922. The Kier molecular flexibility index (Phi) is 9.93. The minimum absolute atomic E-state index is 0. The van der Waals surface area contributed by atoms with E-state index in [1.54, 1.807) is 7.05 Å². The molecule has 0 aromatic carbocycles. The van der Waals surface area contributed by atoms with Crippen LogP contribution in [-0.2, 0) is 43.3 Å². The van der Waals surface area contributed by atoms with Gasteiger partial charge in [0.25, 0.3) is 15.9 Å². The molecule has 21 heteroatoms. The summed E-state index contributed by atoms with van der Waals surface area (Å²) in [6.45, 7) is -0.0919. The van der Waals surface area contributed by atoms with E-state index in [1.165, 1.54) is 45.4 Å². The number of nitrogens with one attached hydrogen (secondary N) is 1. The van der Waals surface area contributed by atoms with E-state index in [-0.39, 0.29) is 63.8 Å². The maximum absolute atomic E-state index is 13.1. The molecule has 0 spiro atoms. The Morgan fingerprint density at radius 3 is 2.69 bits per heavy atom. The fraction of sp³-hybridized carbons (Fsp3) is 0.556. The molecule has 2 aliphatic heterocycles. The molecule has 16 nitrogen and oxygen atoms in total. The topological polar surface area (TPSA) is 206 Å². The van der Waals surface area contributed by atoms with Crippen LogP contribution in [0, 0.1) is 5.41 Å². The van der Waals surface area contributed by atoms with Gasteiger partial charge in [0.15, 0.2) is 5.71 Å². The maximum atomic E-state index is 13.1. The van der Waals surface area contributed by atoms with Crippen LogP contribution in [0.25, 0.3) is 0 Å². The summed E-state index contributed by atoms with van der Waals surface area (Å²) in [4.78, 5) is 44.5. The molecule has 39 heavy (non-hydrogen) atoms. The molecule has 2 aliphatic rings. The number of thiazole rings is 1. The molecule has 0 aliphatic carbocycles. The fourth-order valence-corrected chi connectivity index (χ4v) is 8.19. The van der Waals surface area contributed by atoms with Crippen LogP contribution in [0.3, 0.4) is 0 Å². The van der Waals surface area contributed by atoms with E-state index in [4.69, 9.17) is 4.84 Å². The zero-order chi connectivity index (χ0) is 27.8. The number of carboxylic acid groups (broad SMARTS) is 1. The number of nitrogens with zero attached hydrogens (tertiary/aromatic N) is 8. The number of aromatic nitrogens is 5. The zero-order valence-corrected chi connectivity index (χ0v) is 26.7. The fourth-order valence-electron chi connectivity index (χ4n) is 3.76. The molecule has 2 saturated heterocycles. The van der Waals surface area contributed by atoms with E-state index >= 15 is 0 Å². The van der Waals surface area contributed by atoms with Gasteiger partial charge >= 0.3 is 29.6 Å². The molecule has 0 bridgehead atoms. The van der Waals surface area contributed by atoms with Crippen molar-refractivity contribution in [2.24, 2.45) is 29.1 Å². The van der Waals surface area contributed by atoms with Crippen LogP contribution >= 0.6 is 34.9 Å². The predicted molar refractivity (Wildman–Crippen MR) is 134 cm³/mol. The number of sulfonamides is 1. The average molecular weight is 628 g/mol. The van der Waals surface area contributed by atoms with Crippen molar-refractivity contribution in [2.75, 3.05) is 31.4 Å². The number of β-lactam (4-membered cyclic amide) rings is 1. The number of aliphatic carboxylic acids is 1. The summed E-state index contributed by atoms with van der Waals surface area (Å²) in [5.74, 6) is -2.24. The van der Waals surface area contributed by atoms with Crippen molar-refractivity contribution in [3.05, 3.63) is 15.9 Å². The molecule has 2 aromatic rings. The van der Waals surface area contributed by atoms with Crippen molar-refractivity contribution in [1.29, 1.82) is 0 Å². The van der Waals surface area contributed by atoms with Crippen LogP contribution in [0.5, 0.6) is 0 Å². The van der Waals surface area contributed by atoms with E-state index in [1.807, 2.05) is 0 Å². The van der Waals surface area contributed by atoms with Gasteiger partial charge < -0.3 is 29.5 Å². The Morgan fingerprint density at radius 2 is 2.10 bits per heavy atom. The molecule has 3 atom stereocenters. The first-order valence-electron chi connectivity index (χ1n) is 10.7. The number of fused-ring (bicyclic) bond motifs is 1. The van der Waals surface area contributed by atoms with Gasteiger partial charge in [-0.3, -0.25) is 9.59 Å². The number of oxime groups is 1. The third kappa shape index (κ3) is 6.51. The number of rotatable bonds is 9. The largest absolute Gasteiger partial charge is 1.00 e. The second-order valence-corrected chi connectivity index (χ2v) is 13.0. The van der Waals surface area contributed by atoms with Crippen molar-refractivity contribution < 1.29 is 62.3 Å². The second-order valence-electron chi connectivity index (χ2n) is 8.47. The number of carbonyl (C=O) groups is 3. The van der Waals surface area contributed by atoms with Gasteiger partial charge in [-0.05, 0) is 10.4 Å². The second kappa shape index (κ2) is 12.3. The number of aryl methyl sites for hydroxylation is 1. The first kappa shape index (κ1) is 31.6. The molecule has 2 amide bonds. The van der Waals surface area contributed by atoms with Gasteiger partial charge in [0.2, 0.25) is 15.9 Å². The van der Waals surface area contributed by atoms with Crippen LogP contribution < -0.4 is 44.8 Å². The Labute approximate surface area is 257 Å². The minimum atomic E-state index is -3.68. The Morgan fingerprint density at radius 1 is 1.38 bits per heavy atom. The third-order valence-electron chi connectivity index (χ3n) is 5.73. The smallest absolute Gasteiger partial charge is 0.549 e. The van der Waals surface area contributed by atoms with Crippen LogP contribution in [0.2, 0.25) is 0 Å². The van der Waals surface area contributed by atoms with Gasteiger partial charge in [0.05, 0.1) is 17.9 Å². The van der Waals surface area contributed by atoms with E-state index in [0.29, 0.717) is 5.16 Å². The number of carboxylic acids is 1. The summed E-state index contributed by atoms with van der Waals surface area (Å²) >= 11 is 3.35. The molecule has 0 saturated carbocycles. The van der Waals surface area contributed by atoms with Crippen LogP contribution in [0.4, 0.5) is 0 Å². The zero-order valence-electron chi connectivity index (χ0n) is 21.4. The standard InChI is InChI=1S/C18H23N9O7S4.Na/c1-25-9(5-35-17(25)22-38(4,32)33)10(21-34-3)12(28)19-11-13(29)27-6-18(15(30)31,7-36-14(11)27)8-37-16-20-23-24-26(16)2;/h5,11,14H,6-8H2,1-4H3,(H,19,28)(H,30,31);/q;+1/p-1/t11?,14-,18?;/m1./s1. The Hall–Kier alpha value is -1.97. The van der Waals surface area contributed by atoms with E-state index < -0.39 is 44.6 Å². The van der Waals surface area contributed by atoms with Gasteiger partial charge in [-0.2, -0.15) is 0 Å². The maximum Gasteiger partial charge on any atom is 1.00 e. The summed E-state index contributed by atoms with van der Waals surface area (Å²) in [5.41, 5.74) is -1.30. The van der Waals surface area contributed by atoms with Gasteiger partial charge in [0, 0.05) is 42.9 Å². The van der Waals surface area contributed by atoms with Crippen LogP contribution in [-0.4, -0.2) is 104 Å². The molecule has 4 heterocycles. The van der Waals surface area contributed by atoms with Gasteiger partial charge in [-0.1, -0.05) is 16.9 Å². The molecule has 2 unspecified atom stereocenters. The number of tetrazole rings is 1. The van der Waals surface area contributed by atoms with Crippen molar-refractivity contribution >= 4 is 68.4 Å². The monoisotopic (exact) mass is 627 g/mol. The SMILES string of the molecule is CON=C(C(=O)NC1C(=O)N2CC(CSc3nnnn3C)(C(=O)[O-])CS[C@H]12)c1csc(=NS(C)(=O)=O)n1C.[Na+]. The summed E-state index contributed by atoms with van der Waals surface area (Å²) in [7, 11) is 0.696. The third-order valence-corrected chi connectivity index (χ3v) is 10.2. The molecule has 2 fully saturated rings. The molecular formula is C18H22N9NaO7S4. The molecule has 0 radical (unpaired) electrons. The van der Waals surface area contributed by atoms with Crippen LogP contribution in [0.1, 0.15) is 5.69 Å². The normalized spacial score (nSPS) is 23.5. The molecule has 4 rings (SSSR count). The first-order chi connectivity index (χ1) is 17.9. The van der Waals surface area contributed by atoms with Gasteiger partial charge in [-0.15, -0.1) is 32.6 Å². The molecule has 206 valence electrons. The Bertz CT molecular complexity index is 1490. The molecule has 2 aromatic heterocycles. The molecular weight excluding hydrogens is 606 g/mol. The number of hydrogen-bond donors (Lipinski definition) is 1. The van der Waals surface area contributed by atoms with E-state index in [0.717, 1.165) is 29.4 Å². The van der Waals surface area contributed by atoms with Gasteiger partial charge in [0.1, 0.15) is 18.5 Å². The van der Waals surface area contributed by atoms with Crippen molar-refractivity contribution in [2.45, 2.75) is 16.6 Å². The van der Waals surface area contributed by atoms with Crippen LogP contribution in [0.15, 0.2) is 20.1 Å². The summed E-state index contributed by atoms with van der Waals surface area (Å²) < 4.78 is 29.5.